The van der Waals surface area contributed by atoms with E-state index in [1.165, 1.54) is 18.4 Å². The van der Waals surface area contributed by atoms with E-state index in [-0.39, 0.29) is 11.8 Å². The van der Waals surface area contributed by atoms with Gasteiger partial charge in [0.15, 0.2) is 5.72 Å². The van der Waals surface area contributed by atoms with Gasteiger partial charge in [0.2, 0.25) is 0 Å². The van der Waals surface area contributed by atoms with E-state index < -0.39 is 0 Å². The molecule has 3 aliphatic rings. The topological polar surface area (TPSA) is 24.8 Å². The van der Waals surface area contributed by atoms with E-state index in [0.29, 0.717) is 0 Å². The van der Waals surface area contributed by atoms with Crippen LogP contribution in [0, 0.1) is 5.92 Å². The lowest BCUT2D eigenvalue weighted by Crippen LogP contribution is -2.55. The van der Waals surface area contributed by atoms with Crippen LogP contribution in [0.2, 0.25) is 5.02 Å². The van der Waals surface area contributed by atoms with Crippen LogP contribution in [0.1, 0.15) is 56.2 Å². The Morgan fingerprint density at radius 1 is 1.15 bits per heavy atom. The van der Waals surface area contributed by atoms with Crippen molar-refractivity contribution in [3.63, 3.8) is 0 Å². The molecule has 5 rings (SSSR count). The van der Waals surface area contributed by atoms with Gasteiger partial charge in [0.1, 0.15) is 5.75 Å². The normalized spacial score (nSPS) is 29.1. The van der Waals surface area contributed by atoms with E-state index in [0.717, 1.165) is 51.7 Å². The Bertz CT molecular complexity index is 903. The predicted molar refractivity (Wildman–Crippen MR) is 112 cm³/mol. The summed E-state index contributed by atoms with van der Waals surface area (Å²) in [6.45, 7) is 2.34. The first kappa shape index (κ1) is 17.6. The smallest absolute Gasteiger partial charge is 0.198 e. The van der Waals surface area contributed by atoms with Crippen molar-refractivity contribution in [2.24, 2.45) is 11.0 Å². The van der Waals surface area contributed by atoms with Crippen LogP contribution in [0.4, 0.5) is 0 Å². The van der Waals surface area contributed by atoms with Crippen LogP contribution >= 0.6 is 27.5 Å². The van der Waals surface area contributed by atoms with E-state index in [1.807, 2.05) is 12.1 Å². The molecule has 5 heteroatoms. The zero-order chi connectivity index (χ0) is 18.6. The third-order valence-corrected chi connectivity index (χ3v) is 6.94. The monoisotopic (exact) mass is 444 g/mol. The van der Waals surface area contributed by atoms with E-state index in [2.05, 4.69) is 58.2 Å². The molecule has 1 spiro atoms. The quantitative estimate of drug-likeness (QED) is 0.497. The minimum atomic E-state index is -0.313. The molecule has 2 aromatic carbocycles. The number of nitrogens with zero attached hydrogens (tertiary/aromatic N) is 2. The maximum atomic E-state index is 6.66. The second kappa shape index (κ2) is 6.52. The Hall–Kier alpha value is -1.52. The summed E-state index contributed by atoms with van der Waals surface area (Å²) in [5.41, 5.74) is 3.17. The van der Waals surface area contributed by atoms with Gasteiger partial charge in [-0.1, -0.05) is 46.6 Å². The van der Waals surface area contributed by atoms with Crippen LogP contribution in [0.15, 0.2) is 52.0 Å². The summed E-state index contributed by atoms with van der Waals surface area (Å²) in [5.74, 6) is 1.77. The Kier molecular flexibility index (Phi) is 4.25. The van der Waals surface area contributed by atoms with Gasteiger partial charge < -0.3 is 4.74 Å². The van der Waals surface area contributed by atoms with Crippen molar-refractivity contribution < 1.29 is 4.74 Å². The molecule has 27 heavy (non-hydrogen) atoms. The maximum absolute atomic E-state index is 6.66. The number of fused-ring (bicyclic) bond motifs is 4. The van der Waals surface area contributed by atoms with Gasteiger partial charge >= 0.3 is 0 Å². The van der Waals surface area contributed by atoms with Gasteiger partial charge in [-0.25, -0.2) is 5.01 Å². The van der Waals surface area contributed by atoms with E-state index in [9.17, 15) is 0 Å². The van der Waals surface area contributed by atoms with E-state index >= 15 is 0 Å². The second-order valence-corrected chi connectivity index (χ2v) is 9.38. The molecule has 1 aliphatic carbocycles. The number of benzene rings is 2. The van der Waals surface area contributed by atoms with Gasteiger partial charge in [-0.05, 0) is 54.7 Å². The summed E-state index contributed by atoms with van der Waals surface area (Å²) >= 11 is 9.70. The van der Waals surface area contributed by atoms with Crippen LogP contribution in [0.5, 0.6) is 5.75 Å². The molecule has 2 aliphatic heterocycles. The zero-order valence-electron chi connectivity index (χ0n) is 15.3. The van der Waals surface area contributed by atoms with Crippen LogP contribution in [0.3, 0.4) is 0 Å². The fourth-order valence-electron chi connectivity index (χ4n) is 4.61. The lowest BCUT2D eigenvalue weighted by atomic mass is 9.82. The molecule has 2 aromatic rings. The molecule has 1 saturated carbocycles. The molecule has 0 aromatic heterocycles. The minimum Gasteiger partial charge on any atom is -0.466 e. The molecule has 0 saturated heterocycles. The first-order chi connectivity index (χ1) is 13.0. The van der Waals surface area contributed by atoms with Crippen LogP contribution < -0.4 is 4.74 Å². The third-order valence-electron chi connectivity index (χ3n) is 6.19. The largest absolute Gasteiger partial charge is 0.466 e. The van der Waals surface area contributed by atoms with Crippen LogP contribution in [-0.4, -0.2) is 16.4 Å². The standard InChI is InChI=1S/C22H22BrClN2O/c1-14-8-10-22(11-9-14)26-20(18-12-16(23)4-7-21(18)27-22)13-19(25-26)15-2-5-17(24)6-3-15/h2-7,12,14,20H,8-11,13H2,1H3/t14?,20-,22?/m1/s1. The second-order valence-electron chi connectivity index (χ2n) is 8.03. The van der Waals surface area contributed by atoms with Gasteiger partial charge in [0.25, 0.3) is 0 Å². The molecule has 1 fully saturated rings. The van der Waals surface area contributed by atoms with E-state index in [1.54, 1.807) is 0 Å². The van der Waals surface area contributed by atoms with Gasteiger partial charge in [0, 0.05) is 34.3 Å². The van der Waals surface area contributed by atoms with Gasteiger partial charge in [-0.2, -0.15) is 5.10 Å². The zero-order valence-corrected chi connectivity index (χ0v) is 17.6. The highest BCUT2D eigenvalue weighted by Crippen LogP contribution is 2.52. The summed E-state index contributed by atoms with van der Waals surface area (Å²) in [5, 5.41) is 8.14. The lowest BCUT2D eigenvalue weighted by molar-refractivity contribution is -0.145. The lowest BCUT2D eigenvalue weighted by Gasteiger charge is -2.50. The third kappa shape index (κ3) is 2.98. The van der Waals surface area contributed by atoms with Gasteiger partial charge in [-0.15, -0.1) is 0 Å². The summed E-state index contributed by atoms with van der Waals surface area (Å²) in [7, 11) is 0. The predicted octanol–water partition coefficient (Wildman–Crippen LogP) is 6.55. The van der Waals surface area contributed by atoms with Crippen LogP contribution in [0.25, 0.3) is 0 Å². The first-order valence-electron chi connectivity index (χ1n) is 9.65. The minimum absolute atomic E-state index is 0.227. The molecular weight excluding hydrogens is 424 g/mol. The van der Waals surface area contributed by atoms with Crippen molar-refractivity contribution >= 4 is 33.2 Å². The molecule has 140 valence electrons. The average molecular weight is 446 g/mol. The Morgan fingerprint density at radius 2 is 1.89 bits per heavy atom. The van der Waals surface area contributed by atoms with E-state index in [4.69, 9.17) is 21.4 Å². The fraction of sp³-hybridized carbons (Fsp3) is 0.409. The SMILES string of the molecule is CC1CCC2(CC1)Oc1ccc(Br)cc1[C@H]1CC(c3ccc(Cl)cc3)=NN12. The van der Waals surface area contributed by atoms with Crippen molar-refractivity contribution in [3.8, 4) is 5.75 Å². The molecule has 0 bridgehead atoms. The highest BCUT2D eigenvalue weighted by atomic mass is 79.9. The van der Waals surface area contributed by atoms with Crippen molar-refractivity contribution in [2.75, 3.05) is 0 Å². The van der Waals surface area contributed by atoms with Crippen molar-refractivity contribution in [3.05, 3.63) is 63.1 Å². The summed E-state index contributed by atoms with van der Waals surface area (Å²) in [4.78, 5) is 0. The Labute approximate surface area is 173 Å². The summed E-state index contributed by atoms with van der Waals surface area (Å²) < 4.78 is 7.74. The molecule has 2 heterocycles. The Balaban J connectivity index is 1.58. The number of rotatable bonds is 1. The van der Waals surface area contributed by atoms with Gasteiger partial charge in [-0.3, -0.25) is 0 Å². The number of hydrogen-bond acceptors (Lipinski definition) is 3. The molecule has 0 unspecified atom stereocenters. The van der Waals surface area contributed by atoms with Crippen molar-refractivity contribution in [1.82, 2.24) is 5.01 Å². The maximum Gasteiger partial charge on any atom is 0.198 e. The number of hydrogen-bond donors (Lipinski definition) is 0. The highest BCUT2D eigenvalue weighted by molar-refractivity contribution is 9.10. The number of halogens is 2. The Morgan fingerprint density at radius 3 is 2.63 bits per heavy atom. The van der Waals surface area contributed by atoms with Crippen molar-refractivity contribution in [1.29, 1.82) is 0 Å². The number of hydrazone groups is 1. The highest BCUT2D eigenvalue weighted by Gasteiger charge is 2.51. The number of ether oxygens (including phenoxy) is 1. The molecular formula is C22H22BrClN2O. The van der Waals surface area contributed by atoms with Gasteiger partial charge in [0.05, 0.1) is 11.8 Å². The average Bonchev–Trinajstić information content (AvgIpc) is 3.12. The molecule has 0 N–H and O–H groups in total. The molecule has 3 nitrogen and oxygen atoms in total. The fourth-order valence-corrected chi connectivity index (χ4v) is 5.12. The molecule has 0 amide bonds. The molecule has 0 radical (unpaired) electrons. The molecule has 1 atom stereocenters. The van der Waals surface area contributed by atoms with Crippen molar-refractivity contribution in [2.45, 2.75) is 50.8 Å². The summed E-state index contributed by atoms with van der Waals surface area (Å²) in [6.07, 6.45) is 5.31. The van der Waals surface area contributed by atoms with Crippen LogP contribution in [-0.2, 0) is 0 Å². The summed E-state index contributed by atoms with van der Waals surface area (Å²) in [6, 6.07) is 14.6. The first-order valence-corrected chi connectivity index (χ1v) is 10.8.